The average molecular weight is 723 g/mol. The summed E-state index contributed by atoms with van der Waals surface area (Å²) in [6, 6.07) is 17.1. The molecule has 1 amide bonds. The lowest BCUT2D eigenvalue weighted by Gasteiger charge is -2.41. The molecule has 2 aliphatic rings. The molecule has 10 heteroatoms. The van der Waals surface area contributed by atoms with E-state index in [1.54, 1.807) is 12.3 Å². The smallest absolute Gasteiger partial charge is 0.309 e. The van der Waals surface area contributed by atoms with Gasteiger partial charge in [0.05, 0.1) is 16.1 Å². The molecule has 3 heterocycles. The predicted octanol–water partition coefficient (Wildman–Crippen LogP) is 7.80. The normalized spacial score (nSPS) is 18.8. The van der Waals surface area contributed by atoms with Crippen molar-refractivity contribution in [2.24, 2.45) is 5.41 Å². The first-order valence-electron chi connectivity index (χ1n) is 18.2. The van der Waals surface area contributed by atoms with Gasteiger partial charge in [-0.15, -0.1) is 0 Å². The van der Waals surface area contributed by atoms with Gasteiger partial charge in [-0.05, 0) is 124 Å². The van der Waals surface area contributed by atoms with E-state index in [1.807, 2.05) is 69.3 Å². The van der Waals surface area contributed by atoms with E-state index in [9.17, 15) is 19.5 Å². The molecular formula is C42H47ClN4O5. The van der Waals surface area contributed by atoms with Gasteiger partial charge in [-0.1, -0.05) is 48.0 Å². The molecule has 0 atom stereocenters. The number of ketones is 1. The monoisotopic (exact) mass is 722 g/mol. The number of aliphatic carboxylic acids is 1. The fraction of sp³-hybridized carbons (Fsp3) is 0.405. The SMILES string of the molecule is Cc1cc(C(=O)Cc2cccc(-c3cccc(NC(=O)c4ccc(CCCCO)cn4)c3C)c2Cl)nc2c1CCN(C1CCC(C)(C(=O)O)CC1)C2. The molecule has 3 N–H and O–H groups in total. The summed E-state index contributed by atoms with van der Waals surface area (Å²) < 4.78 is 0. The zero-order valence-electron chi connectivity index (χ0n) is 30.2. The molecule has 0 unspecified atom stereocenters. The number of carboxylic acids is 1. The number of pyridine rings is 2. The van der Waals surface area contributed by atoms with E-state index in [0.717, 1.165) is 78.6 Å². The second-order valence-corrected chi connectivity index (χ2v) is 15.0. The van der Waals surface area contributed by atoms with Crippen LogP contribution in [-0.4, -0.2) is 61.9 Å². The minimum Gasteiger partial charge on any atom is -0.481 e. The summed E-state index contributed by atoms with van der Waals surface area (Å²) in [6.45, 7) is 7.54. The van der Waals surface area contributed by atoms with E-state index >= 15 is 0 Å². The molecule has 2 aromatic heterocycles. The summed E-state index contributed by atoms with van der Waals surface area (Å²) in [6.07, 6.45) is 8.06. The number of unbranched alkanes of at least 4 members (excludes halogenated alkanes) is 1. The van der Waals surface area contributed by atoms with Gasteiger partial charge in [0, 0.05) is 49.6 Å². The predicted molar refractivity (Wildman–Crippen MR) is 203 cm³/mol. The number of carbonyl (C=O) groups excluding carboxylic acids is 2. The maximum absolute atomic E-state index is 13.8. The number of anilines is 1. The number of benzene rings is 2. The lowest BCUT2D eigenvalue weighted by molar-refractivity contribution is -0.150. The minimum absolute atomic E-state index is 0.0924. The number of amides is 1. The third-order valence-electron chi connectivity index (χ3n) is 11.0. The van der Waals surface area contributed by atoms with Crippen LogP contribution in [0.5, 0.6) is 0 Å². The van der Waals surface area contributed by atoms with Crippen molar-refractivity contribution in [2.45, 2.75) is 91.1 Å². The van der Waals surface area contributed by atoms with Crippen molar-refractivity contribution in [3.05, 3.63) is 111 Å². The first-order chi connectivity index (χ1) is 25.0. The van der Waals surface area contributed by atoms with Crippen LogP contribution < -0.4 is 5.32 Å². The number of aliphatic hydroxyl groups is 1. The molecular weight excluding hydrogens is 676 g/mol. The maximum Gasteiger partial charge on any atom is 0.309 e. The summed E-state index contributed by atoms with van der Waals surface area (Å²) in [5, 5.41) is 22.2. The molecule has 6 rings (SSSR count). The Kier molecular flexibility index (Phi) is 11.5. The Labute approximate surface area is 310 Å². The Morgan fingerprint density at radius 1 is 1.00 bits per heavy atom. The third kappa shape index (κ3) is 8.12. The maximum atomic E-state index is 13.8. The number of aryl methyl sites for hydroxylation is 2. The lowest BCUT2D eigenvalue weighted by Crippen LogP contribution is -2.45. The van der Waals surface area contributed by atoms with Crippen LogP contribution in [0.2, 0.25) is 5.02 Å². The van der Waals surface area contributed by atoms with Crippen molar-refractivity contribution in [1.82, 2.24) is 14.9 Å². The van der Waals surface area contributed by atoms with Crippen LogP contribution >= 0.6 is 11.6 Å². The first-order valence-corrected chi connectivity index (χ1v) is 18.6. The molecule has 52 heavy (non-hydrogen) atoms. The number of fused-ring (bicyclic) bond motifs is 1. The topological polar surface area (TPSA) is 133 Å². The highest BCUT2D eigenvalue weighted by atomic mass is 35.5. The van der Waals surface area contributed by atoms with E-state index < -0.39 is 11.4 Å². The fourth-order valence-corrected chi connectivity index (χ4v) is 7.92. The van der Waals surface area contributed by atoms with Gasteiger partial charge in [0.2, 0.25) is 0 Å². The quantitative estimate of drug-likeness (QED) is 0.0997. The standard InChI is InChI=1S/C42H47ClN4O5/c1-26-22-36(45-37-25-47(20-17-31(26)37)30-15-18-42(3,19-16-30)41(51)52)38(49)23-29-9-6-11-33(39(29)43)32-10-7-12-34(27(32)2)46-40(50)35-14-13-28(24-44-35)8-4-5-21-48/h6-7,9-14,22,24,30,48H,4-5,8,15-21,23,25H2,1-3H3,(H,46,50)(H,51,52). The molecule has 9 nitrogen and oxygen atoms in total. The molecule has 1 fully saturated rings. The van der Waals surface area contributed by atoms with Gasteiger partial charge in [-0.3, -0.25) is 24.3 Å². The van der Waals surface area contributed by atoms with Crippen molar-refractivity contribution in [3.63, 3.8) is 0 Å². The van der Waals surface area contributed by atoms with Gasteiger partial charge in [0.1, 0.15) is 11.4 Å². The van der Waals surface area contributed by atoms with Gasteiger partial charge in [0.25, 0.3) is 5.91 Å². The minimum atomic E-state index is -0.712. The largest absolute Gasteiger partial charge is 0.481 e. The van der Waals surface area contributed by atoms with Crippen molar-refractivity contribution in [2.75, 3.05) is 18.5 Å². The number of Topliss-reactive ketones (excluding diaryl/α,β-unsaturated/α-hetero) is 1. The molecule has 1 aliphatic heterocycles. The van der Waals surface area contributed by atoms with E-state index in [-0.39, 0.29) is 24.7 Å². The van der Waals surface area contributed by atoms with Crippen molar-refractivity contribution in [1.29, 1.82) is 0 Å². The number of rotatable bonds is 12. The Bertz CT molecular complexity index is 1970. The van der Waals surface area contributed by atoms with Crippen LogP contribution in [0, 0.1) is 19.3 Å². The van der Waals surface area contributed by atoms with Crippen LogP contribution in [0.1, 0.15) is 99.9 Å². The van der Waals surface area contributed by atoms with Crippen molar-refractivity contribution < 1.29 is 24.6 Å². The van der Waals surface area contributed by atoms with Gasteiger partial charge in [-0.25, -0.2) is 4.98 Å². The van der Waals surface area contributed by atoms with Crippen LogP contribution in [0.15, 0.2) is 60.8 Å². The zero-order valence-corrected chi connectivity index (χ0v) is 30.9. The van der Waals surface area contributed by atoms with Crippen molar-refractivity contribution >= 4 is 34.9 Å². The highest BCUT2D eigenvalue weighted by molar-refractivity contribution is 6.34. The number of aromatic nitrogens is 2. The molecule has 1 aliphatic carbocycles. The Morgan fingerprint density at radius 2 is 1.75 bits per heavy atom. The highest BCUT2D eigenvalue weighted by Gasteiger charge is 2.39. The van der Waals surface area contributed by atoms with Gasteiger partial charge in [0.15, 0.2) is 5.78 Å². The summed E-state index contributed by atoms with van der Waals surface area (Å²) in [7, 11) is 0. The number of carboxylic acid groups (broad SMARTS) is 1. The summed E-state index contributed by atoms with van der Waals surface area (Å²) >= 11 is 7.03. The van der Waals surface area contributed by atoms with Gasteiger partial charge >= 0.3 is 5.97 Å². The second kappa shape index (κ2) is 16.1. The second-order valence-electron chi connectivity index (χ2n) is 14.6. The Hall–Kier alpha value is -4.44. The van der Waals surface area contributed by atoms with E-state index in [0.29, 0.717) is 53.1 Å². The first kappa shape index (κ1) is 37.3. The summed E-state index contributed by atoms with van der Waals surface area (Å²) in [5.41, 5.74) is 8.08. The third-order valence-corrected chi connectivity index (χ3v) is 11.5. The van der Waals surface area contributed by atoms with Gasteiger partial charge in [-0.2, -0.15) is 0 Å². The summed E-state index contributed by atoms with van der Waals surface area (Å²) in [5.74, 6) is -1.14. The number of hydrogen-bond acceptors (Lipinski definition) is 7. The highest BCUT2D eigenvalue weighted by Crippen LogP contribution is 2.39. The van der Waals surface area contributed by atoms with Crippen LogP contribution in [-0.2, 0) is 30.6 Å². The molecule has 0 saturated heterocycles. The van der Waals surface area contributed by atoms with E-state index in [4.69, 9.17) is 21.7 Å². The lowest BCUT2D eigenvalue weighted by atomic mass is 9.73. The Morgan fingerprint density at radius 3 is 2.46 bits per heavy atom. The van der Waals surface area contributed by atoms with Crippen LogP contribution in [0.25, 0.3) is 11.1 Å². The van der Waals surface area contributed by atoms with E-state index in [2.05, 4.69) is 15.2 Å². The molecule has 0 radical (unpaired) electrons. The molecule has 2 aromatic carbocycles. The molecule has 4 aromatic rings. The number of carbonyl (C=O) groups is 3. The Balaban J connectivity index is 1.15. The molecule has 272 valence electrons. The summed E-state index contributed by atoms with van der Waals surface area (Å²) in [4.78, 5) is 50.3. The molecule has 0 bridgehead atoms. The number of nitrogens with zero attached hydrogens (tertiary/aromatic N) is 3. The molecule has 0 spiro atoms. The fourth-order valence-electron chi connectivity index (χ4n) is 7.62. The molecule has 1 saturated carbocycles. The number of nitrogens with one attached hydrogen (secondary N) is 1. The number of hydrogen-bond donors (Lipinski definition) is 3. The van der Waals surface area contributed by atoms with E-state index in [1.165, 1.54) is 5.56 Å². The van der Waals surface area contributed by atoms with Crippen LogP contribution in [0.4, 0.5) is 5.69 Å². The van der Waals surface area contributed by atoms with Crippen LogP contribution in [0.3, 0.4) is 0 Å². The number of aliphatic hydroxyl groups excluding tert-OH is 1. The average Bonchev–Trinajstić information content (AvgIpc) is 3.14. The number of halogens is 1. The van der Waals surface area contributed by atoms with Crippen molar-refractivity contribution in [3.8, 4) is 11.1 Å². The zero-order chi connectivity index (χ0) is 37.0. The van der Waals surface area contributed by atoms with Gasteiger partial charge < -0.3 is 15.5 Å².